The first-order valence-corrected chi connectivity index (χ1v) is 5.09. The number of hydrogen-bond donors (Lipinski definition) is 1. The summed E-state index contributed by atoms with van der Waals surface area (Å²) in [5, 5.41) is 2.66. The van der Waals surface area contributed by atoms with Crippen LogP contribution in [0.25, 0.3) is 0 Å². The minimum atomic E-state index is 0.0108. The molecule has 0 saturated heterocycles. The van der Waals surface area contributed by atoms with Gasteiger partial charge in [0.15, 0.2) is 0 Å². The quantitative estimate of drug-likeness (QED) is 0.778. The van der Waals surface area contributed by atoms with E-state index in [9.17, 15) is 4.79 Å². The fourth-order valence-electron chi connectivity index (χ4n) is 1.46. The largest absolute Gasteiger partial charge is 0.355 e. The number of nitrogens with one attached hydrogen (secondary N) is 1. The van der Waals surface area contributed by atoms with Crippen molar-refractivity contribution in [3.05, 3.63) is 35.4 Å². The van der Waals surface area contributed by atoms with Gasteiger partial charge in [-0.05, 0) is 24.5 Å². The zero-order valence-electron chi connectivity index (χ0n) is 8.84. The molecule has 2 nitrogen and oxygen atoms in total. The van der Waals surface area contributed by atoms with Crippen molar-refractivity contribution >= 4 is 5.91 Å². The van der Waals surface area contributed by atoms with Gasteiger partial charge in [0.05, 0.1) is 0 Å². The second kappa shape index (κ2) is 5.43. The van der Waals surface area contributed by atoms with Crippen molar-refractivity contribution in [2.45, 2.75) is 26.2 Å². The second-order valence-corrected chi connectivity index (χ2v) is 3.34. The van der Waals surface area contributed by atoms with Crippen molar-refractivity contribution in [3.63, 3.8) is 0 Å². The van der Waals surface area contributed by atoms with Crippen molar-refractivity contribution in [1.82, 2.24) is 5.32 Å². The van der Waals surface area contributed by atoms with Crippen LogP contribution in [0, 0.1) is 0 Å². The Morgan fingerprint density at radius 2 is 2.07 bits per heavy atom. The maximum absolute atomic E-state index is 11.5. The Bertz CT molecular complexity index is 307. The molecule has 0 aromatic heterocycles. The molecule has 1 aromatic rings. The maximum Gasteiger partial charge on any atom is 0.251 e. The van der Waals surface area contributed by atoms with Gasteiger partial charge < -0.3 is 5.32 Å². The van der Waals surface area contributed by atoms with E-state index in [-0.39, 0.29) is 5.91 Å². The summed E-state index contributed by atoms with van der Waals surface area (Å²) in [6.45, 7) is 2.16. The third kappa shape index (κ3) is 2.59. The molecule has 2 heteroatoms. The molecule has 0 saturated carbocycles. The lowest BCUT2D eigenvalue weighted by atomic mass is 10.0. The molecule has 0 aliphatic heterocycles. The third-order valence-corrected chi connectivity index (χ3v) is 2.29. The topological polar surface area (TPSA) is 29.1 Å². The Morgan fingerprint density at radius 1 is 1.36 bits per heavy atom. The van der Waals surface area contributed by atoms with Gasteiger partial charge in [-0.1, -0.05) is 31.5 Å². The molecule has 0 atom stereocenters. The lowest BCUT2D eigenvalue weighted by Gasteiger charge is -2.06. The molecule has 1 rings (SSSR count). The van der Waals surface area contributed by atoms with Gasteiger partial charge in [-0.15, -0.1) is 0 Å². The molecule has 0 aliphatic rings. The predicted octanol–water partition coefficient (Wildman–Crippen LogP) is 2.39. The fourth-order valence-corrected chi connectivity index (χ4v) is 1.46. The fraction of sp³-hybridized carbons (Fsp3) is 0.417. The Hall–Kier alpha value is -1.31. The second-order valence-electron chi connectivity index (χ2n) is 3.34. The SMILES string of the molecule is CCCCc1ccccc1C(=O)NC. The summed E-state index contributed by atoms with van der Waals surface area (Å²) in [5.41, 5.74) is 1.96. The van der Waals surface area contributed by atoms with Crippen LogP contribution < -0.4 is 5.32 Å². The minimum absolute atomic E-state index is 0.0108. The van der Waals surface area contributed by atoms with Gasteiger partial charge in [0.25, 0.3) is 5.91 Å². The normalized spacial score (nSPS) is 9.86. The maximum atomic E-state index is 11.5. The monoisotopic (exact) mass is 191 g/mol. The number of rotatable bonds is 4. The number of carbonyl (C=O) groups is 1. The molecule has 1 amide bonds. The Labute approximate surface area is 85.3 Å². The summed E-state index contributed by atoms with van der Waals surface area (Å²) >= 11 is 0. The highest BCUT2D eigenvalue weighted by atomic mass is 16.1. The summed E-state index contributed by atoms with van der Waals surface area (Å²) in [4.78, 5) is 11.5. The number of amides is 1. The molecular formula is C12H17NO. The van der Waals surface area contributed by atoms with Gasteiger partial charge in [-0.25, -0.2) is 0 Å². The number of aryl methyl sites for hydroxylation is 1. The van der Waals surface area contributed by atoms with E-state index in [1.54, 1.807) is 7.05 Å². The summed E-state index contributed by atoms with van der Waals surface area (Å²) in [7, 11) is 1.67. The smallest absolute Gasteiger partial charge is 0.251 e. The highest BCUT2D eigenvalue weighted by Gasteiger charge is 2.07. The van der Waals surface area contributed by atoms with Crippen molar-refractivity contribution in [2.75, 3.05) is 7.05 Å². The first kappa shape index (κ1) is 10.8. The van der Waals surface area contributed by atoms with Gasteiger partial charge in [0.2, 0.25) is 0 Å². The molecule has 0 spiro atoms. The molecule has 1 aromatic carbocycles. The van der Waals surface area contributed by atoms with E-state index in [1.807, 2.05) is 24.3 Å². The summed E-state index contributed by atoms with van der Waals surface area (Å²) < 4.78 is 0. The van der Waals surface area contributed by atoms with Crippen LogP contribution in [0.5, 0.6) is 0 Å². The minimum Gasteiger partial charge on any atom is -0.355 e. The molecule has 1 N–H and O–H groups in total. The highest BCUT2D eigenvalue weighted by molar-refractivity contribution is 5.95. The van der Waals surface area contributed by atoms with Crippen LogP contribution >= 0.6 is 0 Å². The number of unbranched alkanes of at least 4 members (excludes halogenated alkanes) is 1. The lowest BCUT2D eigenvalue weighted by Crippen LogP contribution is -2.19. The van der Waals surface area contributed by atoms with Crippen molar-refractivity contribution in [2.24, 2.45) is 0 Å². The summed E-state index contributed by atoms with van der Waals surface area (Å²) in [5.74, 6) is 0.0108. The first-order valence-electron chi connectivity index (χ1n) is 5.09. The van der Waals surface area contributed by atoms with E-state index in [1.165, 1.54) is 0 Å². The van der Waals surface area contributed by atoms with Crippen LogP contribution in [-0.4, -0.2) is 13.0 Å². The molecule has 76 valence electrons. The van der Waals surface area contributed by atoms with Crippen LogP contribution in [0.3, 0.4) is 0 Å². The molecular weight excluding hydrogens is 174 g/mol. The average molecular weight is 191 g/mol. The molecule has 0 unspecified atom stereocenters. The molecule has 14 heavy (non-hydrogen) atoms. The van der Waals surface area contributed by atoms with Crippen LogP contribution in [-0.2, 0) is 6.42 Å². The molecule has 0 fully saturated rings. The molecule has 0 heterocycles. The summed E-state index contributed by atoms with van der Waals surface area (Å²) in [6.07, 6.45) is 3.27. The van der Waals surface area contributed by atoms with E-state index >= 15 is 0 Å². The molecule has 0 aliphatic carbocycles. The van der Waals surface area contributed by atoms with Gasteiger partial charge >= 0.3 is 0 Å². The Balaban J connectivity index is 2.85. The van der Waals surface area contributed by atoms with Crippen molar-refractivity contribution in [3.8, 4) is 0 Å². The predicted molar refractivity (Wildman–Crippen MR) is 58.4 cm³/mol. The van der Waals surface area contributed by atoms with Gasteiger partial charge in [-0.3, -0.25) is 4.79 Å². The number of benzene rings is 1. The van der Waals surface area contributed by atoms with Gasteiger partial charge in [-0.2, -0.15) is 0 Å². The number of carbonyl (C=O) groups excluding carboxylic acids is 1. The van der Waals surface area contributed by atoms with Crippen LogP contribution in [0.15, 0.2) is 24.3 Å². The van der Waals surface area contributed by atoms with Crippen LogP contribution in [0.1, 0.15) is 35.7 Å². The average Bonchev–Trinajstić information content (AvgIpc) is 2.25. The standard InChI is InChI=1S/C12H17NO/c1-3-4-7-10-8-5-6-9-11(10)12(14)13-2/h5-6,8-9H,3-4,7H2,1-2H3,(H,13,14). The number of hydrogen-bond acceptors (Lipinski definition) is 1. The summed E-state index contributed by atoms with van der Waals surface area (Å²) in [6, 6.07) is 7.79. The van der Waals surface area contributed by atoms with E-state index in [0.29, 0.717) is 0 Å². The lowest BCUT2D eigenvalue weighted by molar-refractivity contribution is 0.0962. The van der Waals surface area contributed by atoms with E-state index in [4.69, 9.17) is 0 Å². The van der Waals surface area contributed by atoms with E-state index < -0.39 is 0 Å². The van der Waals surface area contributed by atoms with Crippen LogP contribution in [0.2, 0.25) is 0 Å². The van der Waals surface area contributed by atoms with Crippen molar-refractivity contribution in [1.29, 1.82) is 0 Å². The zero-order chi connectivity index (χ0) is 10.4. The first-order chi connectivity index (χ1) is 6.79. The Kier molecular flexibility index (Phi) is 4.17. The highest BCUT2D eigenvalue weighted by Crippen LogP contribution is 2.11. The molecule has 0 radical (unpaired) electrons. The van der Waals surface area contributed by atoms with Gasteiger partial charge in [0, 0.05) is 12.6 Å². The van der Waals surface area contributed by atoms with Gasteiger partial charge in [0.1, 0.15) is 0 Å². The molecule has 0 bridgehead atoms. The zero-order valence-corrected chi connectivity index (χ0v) is 8.84. The van der Waals surface area contributed by atoms with E-state index in [2.05, 4.69) is 12.2 Å². The Morgan fingerprint density at radius 3 is 2.71 bits per heavy atom. The third-order valence-electron chi connectivity index (χ3n) is 2.29. The van der Waals surface area contributed by atoms with E-state index in [0.717, 1.165) is 30.4 Å². The van der Waals surface area contributed by atoms with Crippen LogP contribution in [0.4, 0.5) is 0 Å². The van der Waals surface area contributed by atoms with Crippen molar-refractivity contribution < 1.29 is 4.79 Å².